The summed E-state index contributed by atoms with van der Waals surface area (Å²) >= 11 is 5.68. The Morgan fingerprint density at radius 1 is 1.04 bits per heavy atom. The molecule has 2 aromatic rings. The van der Waals surface area contributed by atoms with Crippen LogP contribution in [0.25, 0.3) is 0 Å². The molecule has 0 atom stereocenters. The van der Waals surface area contributed by atoms with Gasteiger partial charge in [-0.15, -0.1) is 0 Å². The first-order chi connectivity index (χ1) is 12.0. The third kappa shape index (κ3) is 4.39. The topological polar surface area (TPSA) is 32.8 Å². The minimum absolute atomic E-state index is 0.0436. The van der Waals surface area contributed by atoms with Gasteiger partial charge >= 0.3 is 0 Å². The van der Waals surface area contributed by atoms with E-state index in [1.807, 2.05) is 0 Å². The zero-order chi connectivity index (χ0) is 17.8. The number of carbonyl (C=O) groups excluding carboxylic acids is 1. The van der Waals surface area contributed by atoms with Crippen molar-refractivity contribution in [1.82, 2.24) is 4.90 Å². The van der Waals surface area contributed by atoms with Crippen LogP contribution in [0.2, 0.25) is 5.02 Å². The number of nitrogens with zero attached hydrogens (tertiary/aromatic N) is 2. The quantitative estimate of drug-likeness (QED) is 0.832. The van der Waals surface area contributed by atoms with Crippen LogP contribution in [0, 0.1) is 11.6 Å². The Kier molecular flexibility index (Phi) is 5.38. The summed E-state index contributed by atoms with van der Waals surface area (Å²) in [5.74, 6) is -0.586. The summed E-state index contributed by atoms with van der Waals surface area (Å²) in [6.07, 6.45) is 0. The van der Waals surface area contributed by atoms with Gasteiger partial charge in [-0.1, -0.05) is 11.6 Å². The summed E-state index contributed by atoms with van der Waals surface area (Å²) in [7, 11) is 0. The Labute approximate surface area is 149 Å². The minimum Gasteiger partial charge on any atom is -0.484 e. The van der Waals surface area contributed by atoms with Crippen LogP contribution in [0.3, 0.4) is 0 Å². The molecule has 4 nitrogen and oxygen atoms in total. The first kappa shape index (κ1) is 17.5. The monoisotopic (exact) mass is 366 g/mol. The highest BCUT2D eigenvalue weighted by Crippen LogP contribution is 2.21. The SMILES string of the molecule is O=C(COc1ccc(F)c(Cl)c1)N1CCN(c2ccc(F)cc2)CC1. The Morgan fingerprint density at radius 3 is 2.36 bits per heavy atom. The molecule has 7 heteroatoms. The summed E-state index contributed by atoms with van der Waals surface area (Å²) in [5.41, 5.74) is 0.936. The van der Waals surface area contributed by atoms with Crippen molar-refractivity contribution in [2.24, 2.45) is 0 Å². The molecule has 3 rings (SSSR count). The van der Waals surface area contributed by atoms with Gasteiger partial charge in [0.2, 0.25) is 0 Å². The molecule has 1 saturated heterocycles. The second-order valence-electron chi connectivity index (χ2n) is 5.71. The van der Waals surface area contributed by atoms with E-state index in [9.17, 15) is 13.6 Å². The van der Waals surface area contributed by atoms with E-state index in [1.165, 1.54) is 30.3 Å². The maximum absolute atomic E-state index is 13.1. The molecule has 0 aliphatic carbocycles. The van der Waals surface area contributed by atoms with Gasteiger partial charge in [0.1, 0.15) is 17.4 Å². The van der Waals surface area contributed by atoms with Crippen LogP contribution in [-0.4, -0.2) is 43.6 Å². The molecule has 1 fully saturated rings. The molecule has 0 saturated carbocycles. The smallest absolute Gasteiger partial charge is 0.260 e. The average molecular weight is 367 g/mol. The summed E-state index contributed by atoms with van der Waals surface area (Å²) < 4.78 is 31.5. The van der Waals surface area contributed by atoms with Gasteiger partial charge in [-0.25, -0.2) is 8.78 Å². The number of halogens is 3. The third-order valence-electron chi connectivity index (χ3n) is 4.08. The van der Waals surface area contributed by atoms with Crippen LogP contribution in [0.4, 0.5) is 14.5 Å². The summed E-state index contributed by atoms with van der Waals surface area (Å²) in [4.78, 5) is 16.1. The van der Waals surface area contributed by atoms with Crippen molar-refractivity contribution in [3.05, 3.63) is 59.1 Å². The number of hydrogen-bond donors (Lipinski definition) is 0. The number of rotatable bonds is 4. The van der Waals surface area contributed by atoms with Gasteiger partial charge in [-0.2, -0.15) is 0 Å². The molecule has 0 unspecified atom stereocenters. The van der Waals surface area contributed by atoms with E-state index < -0.39 is 5.82 Å². The molecule has 1 aliphatic rings. The van der Waals surface area contributed by atoms with E-state index in [4.69, 9.17) is 16.3 Å². The van der Waals surface area contributed by atoms with Gasteiger partial charge in [0, 0.05) is 37.9 Å². The highest BCUT2D eigenvalue weighted by atomic mass is 35.5. The van der Waals surface area contributed by atoms with E-state index >= 15 is 0 Å². The van der Waals surface area contributed by atoms with E-state index in [0.717, 1.165) is 5.69 Å². The lowest BCUT2D eigenvalue weighted by atomic mass is 10.2. The third-order valence-corrected chi connectivity index (χ3v) is 4.37. The standard InChI is InChI=1S/C18H17ClF2N2O2/c19-16-11-15(5-6-17(16)21)25-12-18(24)23-9-7-22(8-10-23)14-3-1-13(20)2-4-14/h1-6,11H,7-10,12H2. The Morgan fingerprint density at radius 2 is 1.72 bits per heavy atom. The molecule has 0 N–H and O–H groups in total. The van der Waals surface area contributed by atoms with Crippen molar-refractivity contribution in [2.75, 3.05) is 37.7 Å². The number of anilines is 1. The lowest BCUT2D eigenvalue weighted by molar-refractivity contribution is -0.133. The molecule has 0 aromatic heterocycles. The molecule has 1 amide bonds. The van der Waals surface area contributed by atoms with Crippen molar-refractivity contribution in [1.29, 1.82) is 0 Å². The second-order valence-corrected chi connectivity index (χ2v) is 6.12. The maximum atomic E-state index is 13.1. The number of ether oxygens (including phenoxy) is 1. The van der Waals surface area contributed by atoms with Crippen molar-refractivity contribution < 1.29 is 18.3 Å². The summed E-state index contributed by atoms with van der Waals surface area (Å²) in [6, 6.07) is 10.3. The predicted octanol–water partition coefficient (Wildman–Crippen LogP) is 3.35. The summed E-state index contributed by atoms with van der Waals surface area (Å²) in [5, 5.41) is -0.0436. The molecular formula is C18H17ClF2N2O2. The number of benzene rings is 2. The van der Waals surface area contributed by atoms with E-state index in [2.05, 4.69) is 4.90 Å². The number of piperazine rings is 1. The fourth-order valence-electron chi connectivity index (χ4n) is 2.67. The number of carbonyl (C=O) groups is 1. The number of hydrogen-bond acceptors (Lipinski definition) is 3. The fraction of sp³-hybridized carbons (Fsp3) is 0.278. The Hall–Kier alpha value is -2.34. The lowest BCUT2D eigenvalue weighted by Crippen LogP contribution is -2.50. The molecule has 0 spiro atoms. The molecule has 0 bridgehead atoms. The zero-order valence-electron chi connectivity index (χ0n) is 13.4. The van der Waals surface area contributed by atoms with Gasteiger partial charge in [-0.05, 0) is 36.4 Å². The predicted molar refractivity (Wildman–Crippen MR) is 92.1 cm³/mol. The molecular weight excluding hydrogens is 350 g/mol. The largest absolute Gasteiger partial charge is 0.484 e. The van der Waals surface area contributed by atoms with Crippen molar-refractivity contribution in [3.8, 4) is 5.75 Å². The normalized spacial score (nSPS) is 14.5. The highest BCUT2D eigenvalue weighted by molar-refractivity contribution is 6.30. The molecule has 25 heavy (non-hydrogen) atoms. The van der Waals surface area contributed by atoms with E-state index in [0.29, 0.717) is 31.9 Å². The van der Waals surface area contributed by atoms with Crippen LogP contribution < -0.4 is 9.64 Å². The maximum Gasteiger partial charge on any atom is 0.260 e. The Balaban J connectivity index is 1.49. The molecule has 1 heterocycles. The zero-order valence-corrected chi connectivity index (χ0v) is 14.2. The van der Waals surface area contributed by atoms with Crippen LogP contribution in [0.15, 0.2) is 42.5 Å². The highest BCUT2D eigenvalue weighted by Gasteiger charge is 2.21. The van der Waals surface area contributed by atoms with Crippen LogP contribution in [0.5, 0.6) is 5.75 Å². The molecule has 1 aliphatic heterocycles. The van der Waals surface area contributed by atoms with Gasteiger partial charge in [0.25, 0.3) is 5.91 Å². The fourth-order valence-corrected chi connectivity index (χ4v) is 2.84. The first-order valence-corrected chi connectivity index (χ1v) is 8.27. The van der Waals surface area contributed by atoms with Gasteiger partial charge in [0.15, 0.2) is 6.61 Å². The van der Waals surface area contributed by atoms with E-state index in [-0.39, 0.29) is 23.4 Å². The summed E-state index contributed by atoms with van der Waals surface area (Å²) in [6.45, 7) is 2.32. The average Bonchev–Trinajstić information content (AvgIpc) is 2.63. The van der Waals surface area contributed by atoms with Gasteiger partial charge < -0.3 is 14.5 Å². The van der Waals surface area contributed by atoms with Crippen LogP contribution >= 0.6 is 11.6 Å². The molecule has 2 aromatic carbocycles. The van der Waals surface area contributed by atoms with Crippen LogP contribution in [-0.2, 0) is 4.79 Å². The van der Waals surface area contributed by atoms with Crippen molar-refractivity contribution in [2.45, 2.75) is 0 Å². The van der Waals surface area contributed by atoms with Crippen molar-refractivity contribution >= 4 is 23.2 Å². The number of amides is 1. The van der Waals surface area contributed by atoms with Gasteiger partial charge in [-0.3, -0.25) is 4.79 Å². The van der Waals surface area contributed by atoms with Crippen LogP contribution in [0.1, 0.15) is 0 Å². The second kappa shape index (κ2) is 7.70. The van der Waals surface area contributed by atoms with E-state index in [1.54, 1.807) is 17.0 Å². The molecule has 132 valence electrons. The van der Waals surface area contributed by atoms with Crippen molar-refractivity contribution in [3.63, 3.8) is 0 Å². The van der Waals surface area contributed by atoms with Gasteiger partial charge in [0.05, 0.1) is 5.02 Å². The molecule has 0 radical (unpaired) electrons. The lowest BCUT2D eigenvalue weighted by Gasteiger charge is -2.36. The first-order valence-electron chi connectivity index (χ1n) is 7.89. The Bertz CT molecular complexity index is 747. The minimum atomic E-state index is -0.530.